The van der Waals surface area contributed by atoms with Crippen LogP contribution in [0.15, 0.2) is 24.7 Å². The van der Waals surface area contributed by atoms with Crippen LogP contribution in [0.1, 0.15) is 12.8 Å². The van der Waals surface area contributed by atoms with Crippen LogP contribution in [0.4, 0.5) is 10.2 Å². The lowest BCUT2D eigenvalue weighted by Gasteiger charge is -2.32. The number of anilines is 1. The van der Waals surface area contributed by atoms with E-state index in [1.807, 2.05) is 0 Å². The van der Waals surface area contributed by atoms with Gasteiger partial charge in [-0.3, -0.25) is 0 Å². The molecule has 2 N–H and O–H groups in total. The minimum absolute atomic E-state index is 0.212. The first-order valence-corrected chi connectivity index (χ1v) is 10.2. The highest BCUT2D eigenvalue weighted by Crippen LogP contribution is 2.28. The second-order valence-corrected chi connectivity index (χ2v) is 7.84. The fourth-order valence-electron chi connectivity index (χ4n) is 3.67. The van der Waals surface area contributed by atoms with Crippen molar-refractivity contribution in [1.29, 1.82) is 0 Å². The van der Waals surface area contributed by atoms with Gasteiger partial charge in [0.1, 0.15) is 5.65 Å². The van der Waals surface area contributed by atoms with E-state index in [-0.39, 0.29) is 5.82 Å². The van der Waals surface area contributed by atoms with Gasteiger partial charge in [-0.25, -0.2) is 19.3 Å². The zero-order valence-electron chi connectivity index (χ0n) is 15.3. The van der Waals surface area contributed by atoms with Crippen LogP contribution in [0, 0.1) is 11.7 Å². The molecule has 1 atom stereocenters. The second-order valence-electron chi connectivity index (χ2n) is 7.02. The molecular formula is C19H21Cl2FN6. The first kappa shape index (κ1) is 19.4. The van der Waals surface area contributed by atoms with Crippen molar-refractivity contribution in [2.24, 2.45) is 5.92 Å². The third-order valence-corrected chi connectivity index (χ3v) is 5.42. The van der Waals surface area contributed by atoms with Crippen molar-refractivity contribution in [3.63, 3.8) is 0 Å². The number of aromatic amines is 1. The Morgan fingerprint density at radius 1 is 1.32 bits per heavy atom. The van der Waals surface area contributed by atoms with Crippen LogP contribution in [-0.2, 0) is 0 Å². The predicted octanol–water partition coefficient (Wildman–Crippen LogP) is 4.18. The molecule has 1 fully saturated rings. The lowest BCUT2D eigenvalue weighted by Crippen LogP contribution is -2.39. The number of piperidine rings is 1. The summed E-state index contributed by atoms with van der Waals surface area (Å²) in [6.45, 7) is 3.59. The molecule has 28 heavy (non-hydrogen) atoms. The summed E-state index contributed by atoms with van der Waals surface area (Å²) in [5.41, 5.74) is 1.42. The van der Waals surface area contributed by atoms with E-state index in [2.05, 4.69) is 30.2 Å². The van der Waals surface area contributed by atoms with Crippen LogP contribution in [-0.4, -0.2) is 56.9 Å². The molecule has 4 rings (SSSR count). The summed E-state index contributed by atoms with van der Waals surface area (Å²) in [4.78, 5) is 18.2. The van der Waals surface area contributed by atoms with Gasteiger partial charge in [0, 0.05) is 48.9 Å². The molecule has 148 valence electrons. The van der Waals surface area contributed by atoms with Gasteiger partial charge < -0.3 is 15.2 Å². The van der Waals surface area contributed by atoms with Crippen LogP contribution in [0.25, 0.3) is 22.4 Å². The predicted molar refractivity (Wildman–Crippen MR) is 110 cm³/mol. The minimum atomic E-state index is -0.465. The number of nitrogens with zero attached hydrogens (tertiary/aromatic N) is 4. The van der Waals surface area contributed by atoms with E-state index in [0.717, 1.165) is 43.4 Å². The number of hydrogen-bond acceptors (Lipinski definition) is 5. The van der Waals surface area contributed by atoms with Crippen molar-refractivity contribution in [2.45, 2.75) is 12.8 Å². The number of fused-ring (bicyclic) bond motifs is 1. The number of nitrogens with one attached hydrogen (secondary N) is 2. The molecule has 0 bridgehead atoms. The molecule has 0 aromatic carbocycles. The van der Waals surface area contributed by atoms with Crippen LogP contribution >= 0.6 is 23.2 Å². The van der Waals surface area contributed by atoms with E-state index in [1.165, 1.54) is 6.20 Å². The average molecular weight is 423 g/mol. The molecule has 9 heteroatoms. The van der Waals surface area contributed by atoms with Gasteiger partial charge in [-0.15, -0.1) is 11.6 Å². The van der Waals surface area contributed by atoms with Crippen LogP contribution in [0.2, 0.25) is 5.02 Å². The normalized spacial score (nSPS) is 17.9. The number of pyridine rings is 1. The molecule has 0 spiro atoms. The van der Waals surface area contributed by atoms with E-state index in [4.69, 9.17) is 23.2 Å². The first-order chi connectivity index (χ1) is 13.6. The Bertz CT molecular complexity index is 961. The van der Waals surface area contributed by atoms with Crippen LogP contribution in [0.5, 0.6) is 0 Å². The van der Waals surface area contributed by atoms with Crippen LogP contribution in [0.3, 0.4) is 0 Å². The van der Waals surface area contributed by atoms with Gasteiger partial charge in [-0.1, -0.05) is 11.6 Å². The first-order valence-electron chi connectivity index (χ1n) is 9.32. The van der Waals surface area contributed by atoms with Gasteiger partial charge in [0.25, 0.3) is 0 Å². The maximum absolute atomic E-state index is 14.3. The lowest BCUT2D eigenvalue weighted by molar-refractivity contribution is 0.190. The van der Waals surface area contributed by atoms with Gasteiger partial charge in [0.05, 0.1) is 11.2 Å². The molecule has 6 nitrogen and oxygen atoms in total. The van der Waals surface area contributed by atoms with Crippen molar-refractivity contribution in [3.05, 3.63) is 35.5 Å². The molecule has 0 aliphatic carbocycles. The van der Waals surface area contributed by atoms with Gasteiger partial charge in [0.2, 0.25) is 0 Å². The van der Waals surface area contributed by atoms with E-state index in [9.17, 15) is 4.39 Å². The molecule has 4 heterocycles. The van der Waals surface area contributed by atoms with Crippen molar-refractivity contribution in [2.75, 3.05) is 37.4 Å². The third-order valence-electron chi connectivity index (χ3n) is 5.04. The summed E-state index contributed by atoms with van der Waals surface area (Å²) in [6.07, 6.45) is 6.76. The maximum Gasteiger partial charge on any atom is 0.183 e. The molecule has 3 aromatic rings. The summed E-state index contributed by atoms with van der Waals surface area (Å²) in [7, 11) is 0. The standard InChI is InChI=1S/C19H21Cl2FN6/c20-3-5-28-4-1-2-12(11-28)7-23-19-16(22)10-26-18(27-19)15-9-25-17-14(15)6-13(21)8-24-17/h6,8-10,12H,1-5,7,11H2,(H,24,25)(H,23,26,27)/t12-/m1/s1. The highest BCUT2D eigenvalue weighted by molar-refractivity contribution is 6.31. The molecular weight excluding hydrogens is 402 g/mol. The van der Waals surface area contributed by atoms with Gasteiger partial charge >= 0.3 is 0 Å². The number of rotatable bonds is 6. The second kappa shape index (κ2) is 8.59. The summed E-state index contributed by atoms with van der Waals surface area (Å²) < 4.78 is 14.3. The minimum Gasteiger partial charge on any atom is -0.367 e. The van der Waals surface area contributed by atoms with Gasteiger partial charge in [-0.05, 0) is 31.4 Å². The number of halogens is 3. The Morgan fingerprint density at radius 3 is 3.07 bits per heavy atom. The van der Waals surface area contributed by atoms with Gasteiger partial charge in [-0.2, -0.15) is 0 Å². The monoisotopic (exact) mass is 422 g/mol. The largest absolute Gasteiger partial charge is 0.367 e. The van der Waals surface area contributed by atoms with E-state index < -0.39 is 5.82 Å². The summed E-state index contributed by atoms with van der Waals surface area (Å²) in [5.74, 6) is 1.24. The molecule has 0 amide bonds. The Hall–Kier alpha value is -1.96. The Morgan fingerprint density at radius 2 is 2.21 bits per heavy atom. The summed E-state index contributed by atoms with van der Waals surface area (Å²) >= 11 is 11.9. The Kier molecular flexibility index (Phi) is 5.94. The number of likely N-dealkylation sites (tertiary alicyclic amines) is 1. The lowest BCUT2D eigenvalue weighted by atomic mass is 9.98. The fraction of sp³-hybridized carbons (Fsp3) is 0.421. The van der Waals surface area contributed by atoms with E-state index in [0.29, 0.717) is 34.8 Å². The van der Waals surface area contributed by atoms with Crippen molar-refractivity contribution in [1.82, 2.24) is 24.8 Å². The smallest absolute Gasteiger partial charge is 0.183 e. The Labute approximate surface area is 172 Å². The van der Waals surface area contributed by atoms with Crippen LogP contribution < -0.4 is 5.32 Å². The molecule has 0 saturated carbocycles. The third kappa shape index (κ3) is 4.21. The topological polar surface area (TPSA) is 69.7 Å². The number of aromatic nitrogens is 4. The maximum atomic E-state index is 14.3. The van der Waals surface area contributed by atoms with Crippen molar-refractivity contribution < 1.29 is 4.39 Å². The zero-order valence-corrected chi connectivity index (χ0v) is 16.8. The highest BCUT2D eigenvalue weighted by atomic mass is 35.5. The highest BCUT2D eigenvalue weighted by Gasteiger charge is 2.20. The van der Waals surface area contributed by atoms with E-state index >= 15 is 0 Å². The molecule has 0 unspecified atom stereocenters. The fourth-order valence-corrected chi connectivity index (χ4v) is 4.06. The number of alkyl halides is 1. The number of H-pyrrole nitrogens is 1. The van der Waals surface area contributed by atoms with E-state index in [1.54, 1.807) is 18.5 Å². The quantitative estimate of drug-likeness (QED) is 0.583. The number of hydrogen-bond donors (Lipinski definition) is 2. The van der Waals surface area contributed by atoms with Crippen molar-refractivity contribution in [3.8, 4) is 11.4 Å². The van der Waals surface area contributed by atoms with Crippen molar-refractivity contribution >= 4 is 40.1 Å². The molecule has 3 aromatic heterocycles. The Balaban J connectivity index is 1.52. The van der Waals surface area contributed by atoms with Gasteiger partial charge in [0.15, 0.2) is 17.5 Å². The SMILES string of the molecule is Fc1cnc(-c2c[nH]c3ncc(Cl)cc23)nc1NC[C@H]1CCCN(CCCl)C1. The molecule has 1 saturated heterocycles. The molecule has 1 aliphatic heterocycles. The summed E-state index contributed by atoms with van der Waals surface area (Å²) in [6, 6.07) is 1.79. The molecule has 1 aliphatic rings. The zero-order chi connectivity index (χ0) is 19.5. The average Bonchev–Trinajstić information content (AvgIpc) is 3.11. The summed E-state index contributed by atoms with van der Waals surface area (Å²) in [5, 5.41) is 4.49. The molecule has 0 radical (unpaired) electrons.